The van der Waals surface area contributed by atoms with Gasteiger partial charge in [-0.05, 0) is 12.5 Å². The third-order valence-corrected chi connectivity index (χ3v) is 4.70. The summed E-state index contributed by atoms with van der Waals surface area (Å²) in [5.74, 6) is 0.469. The Bertz CT molecular complexity index is 533. The van der Waals surface area contributed by atoms with Crippen LogP contribution in [0.25, 0.3) is 0 Å². The average Bonchev–Trinajstić information content (AvgIpc) is 2.50. The van der Waals surface area contributed by atoms with Crippen LogP contribution >= 0.6 is 0 Å². The van der Waals surface area contributed by atoms with Crippen LogP contribution in [0.5, 0.6) is 0 Å². The summed E-state index contributed by atoms with van der Waals surface area (Å²) in [5, 5.41) is 0. The van der Waals surface area contributed by atoms with Crippen molar-refractivity contribution in [2.75, 3.05) is 29.5 Å². The summed E-state index contributed by atoms with van der Waals surface area (Å²) in [4.78, 5) is 5.91. The van der Waals surface area contributed by atoms with Crippen molar-refractivity contribution < 1.29 is 12.8 Å². The van der Waals surface area contributed by atoms with E-state index in [0.29, 0.717) is 30.9 Å². The molecule has 1 fully saturated rings. The smallest absolute Gasteiger partial charge is 0.152 e. The summed E-state index contributed by atoms with van der Waals surface area (Å²) in [7, 11) is -2.96. The minimum atomic E-state index is -2.96. The van der Waals surface area contributed by atoms with Gasteiger partial charge in [0.25, 0.3) is 0 Å². The number of pyridine rings is 1. The Morgan fingerprint density at radius 3 is 2.89 bits per heavy atom. The van der Waals surface area contributed by atoms with Crippen molar-refractivity contribution in [3.05, 3.63) is 23.6 Å². The molecule has 7 heteroatoms. The number of hydrogen-bond acceptors (Lipinski definition) is 5. The van der Waals surface area contributed by atoms with Crippen LogP contribution in [0, 0.1) is 5.82 Å². The molecule has 2 rings (SSSR count). The lowest BCUT2D eigenvalue weighted by Crippen LogP contribution is -2.29. The summed E-state index contributed by atoms with van der Waals surface area (Å²) in [6, 6.07) is 1.35. The molecule has 0 amide bonds. The maximum atomic E-state index is 13.1. The number of anilines is 1. The van der Waals surface area contributed by atoms with Crippen LogP contribution < -0.4 is 10.6 Å². The van der Waals surface area contributed by atoms with E-state index in [2.05, 4.69) is 4.98 Å². The van der Waals surface area contributed by atoms with Crippen LogP contribution in [0.1, 0.15) is 12.0 Å². The lowest BCUT2D eigenvalue weighted by atomic mass is 10.2. The second kappa shape index (κ2) is 5.19. The fourth-order valence-electron chi connectivity index (χ4n) is 2.06. The predicted molar refractivity (Wildman–Crippen MR) is 67.6 cm³/mol. The molecular weight excluding hydrogens is 257 g/mol. The van der Waals surface area contributed by atoms with Gasteiger partial charge < -0.3 is 10.6 Å². The lowest BCUT2D eigenvalue weighted by Gasteiger charge is -2.23. The summed E-state index contributed by atoms with van der Waals surface area (Å²) in [5.41, 5.74) is 6.17. The quantitative estimate of drug-likeness (QED) is 0.839. The largest absolute Gasteiger partial charge is 0.355 e. The first-order valence-electron chi connectivity index (χ1n) is 5.82. The number of nitrogens with zero attached hydrogens (tertiary/aromatic N) is 2. The summed E-state index contributed by atoms with van der Waals surface area (Å²) < 4.78 is 36.1. The van der Waals surface area contributed by atoms with Crippen LogP contribution in [0.4, 0.5) is 10.2 Å². The van der Waals surface area contributed by atoms with Crippen molar-refractivity contribution >= 4 is 15.7 Å². The molecule has 0 aromatic carbocycles. The lowest BCUT2D eigenvalue weighted by molar-refractivity contribution is 0.597. The van der Waals surface area contributed by atoms with Gasteiger partial charge in [-0.1, -0.05) is 0 Å². The van der Waals surface area contributed by atoms with Gasteiger partial charge in [-0.25, -0.2) is 17.8 Å². The molecule has 18 heavy (non-hydrogen) atoms. The van der Waals surface area contributed by atoms with Crippen LogP contribution in [-0.4, -0.2) is 38.0 Å². The SMILES string of the molecule is NCc1cc(F)cnc1N1CCCS(=O)(=O)CC1. The standard InChI is InChI=1S/C11H16FN3O2S/c12-10-6-9(7-13)11(14-8-10)15-2-1-4-18(16,17)5-3-15/h6,8H,1-5,7,13H2. The Morgan fingerprint density at radius 1 is 1.39 bits per heavy atom. The highest BCUT2D eigenvalue weighted by Gasteiger charge is 2.21. The van der Waals surface area contributed by atoms with Gasteiger partial charge in [0.15, 0.2) is 9.84 Å². The molecule has 0 saturated carbocycles. The van der Waals surface area contributed by atoms with E-state index in [1.807, 2.05) is 4.90 Å². The van der Waals surface area contributed by atoms with Crippen molar-refractivity contribution in [2.45, 2.75) is 13.0 Å². The van der Waals surface area contributed by atoms with Crippen LogP contribution in [0.2, 0.25) is 0 Å². The number of aromatic nitrogens is 1. The maximum absolute atomic E-state index is 13.1. The molecule has 0 radical (unpaired) electrons. The molecule has 0 atom stereocenters. The van der Waals surface area contributed by atoms with Crippen molar-refractivity contribution in [2.24, 2.45) is 5.73 Å². The zero-order chi connectivity index (χ0) is 13.2. The van der Waals surface area contributed by atoms with Gasteiger partial charge in [0.05, 0.1) is 17.7 Å². The second-order valence-electron chi connectivity index (χ2n) is 4.33. The Balaban J connectivity index is 2.26. The Hall–Kier alpha value is -1.21. The van der Waals surface area contributed by atoms with E-state index in [1.54, 1.807) is 0 Å². The molecule has 1 aromatic heterocycles. The first kappa shape index (κ1) is 13.2. The molecular formula is C11H16FN3O2S. The number of halogens is 1. The maximum Gasteiger partial charge on any atom is 0.152 e. The van der Waals surface area contributed by atoms with Crippen molar-refractivity contribution in [3.8, 4) is 0 Å². The van der Waals surface area contributed by atoms with E-state index >= 15 is 0 Å². The summed E-state index contributed by atoms with van der Waals surface area (Å²) in [6.45, 7) is 1.17. The normalized spacial score (nSPS) is 19.6. The molecule has 0 bridgehead atoms. The molecule has 100 valence electrons. The van der Waals surface area contributed by atoms with Crippen LogP contribution in [0.3, 0.4) is 0 Å². The second-order valence-corrected chi connectivity index (χ2v) is 6.64. The van der Waals surface area contributed by atoms with Gasteiger partial charge >= 0.3 is 0 Å². The molecule has 0 unspecified atom stereocenters. The zero-order valence-electron chi connectivity index (χ0n) is 9.97. The fourth-order valence-corrected chi connectivity index (χ4v) is 3.33. The van der Waals surface area contributed by atoms with E-state index in [-0.39, 0.29) is 18.1 Å². The topological polar surface area (TPSA) is 76.3 Å². The molecule has 1 saturated heterocycles. The molecule has 0 spiro atoms. The molecule has 0 aliphatic carbocycles. The first-order valence-corrected chi connectivity index (χ1v) is 7.64. The minimum Gasteiger partial charge on any atom is -0.355 e. The zero-order valence-corrected chi connectivity index (χ0v) is 10.8. The van der Waals surface area contributed by atoms with E-state index in [1.165, 1.54) is 6.07 Å². The highest BCUT2D eigenvalue weighted by molar-refractivity contribution is 7.91. The Labute approximate surface area is 106 Å². The predicted octanol–water partition coefficient (Wildman–Crippen LogP) is 0.304. The van der Waals surface area contributed by atoms with Gasteiger partial charge in [0, 0.05) is 25.2 Å². The van der Waals surface area contributed by atoms with Gasteiger partial charge in [-0.3, -0.25) is 0 Å². The third-order valence-electron chi connectivity index (χ3n) is 2.98. The van der Waals surface area contributed by atoms with E-state index < -0.39 is 15.7 Å². The highest BCUT2D eigenvalue weighted by atomic mass is 32.2. The van der Waals surface area contributed by atoms with Crippen molar-refractivity contribution in [1.29, 1.82) is 0 Å². The molecule has 5 nitrogen and oxygen atoms in total. The molecule has 1 aromatic rings. The molecule has 2 N–H and O–H groups in total. The molecule has 1 aliphatic rings. The molecule has 1 aliphatic heterocycles. The fraction of sp³-hybridized carbons (Fsp3) is 0.545. The van der Waals surface area contributed by atoms with Crippen molar-refractivity contribution in [1.82, 2.24) is 4.98 Å². The van der Waals surface area contributed by atoms with Gasteiger partial charge in [-0.2, -0.15) is 0 Å². The third kappa shape index (κ3) is 2.97. The van der Waals surface area contributed by atoms with Crippen LogP contribution in [0.15, 0.2) is 12.3 Å². The number of nitrogens with two attached hydrogens (primary N) is 1. The minimum absolute atomic E-state index is 0.107. The first-order chi connectivity index (χ1) is 8.52. The number of sulfone groups is 1. The monoisotopic (exact) mass is 273 g/mol. The number of hydrogen-bond donors (Lipinski definition) is 1. The number of rotatable bonds is 2. The highest BCUT2D eigenvalue weighted by Crippen LogP contribution is 2.20. The Morgan fingerprint density at radius 2 is 2.17 bits per heavy atom. The van der Waals surface area contributed by atoms with Gasteiger partial charge in [-0.15, -0.1) is 0 Å². The van der Waals surface area contributed by atoms with Crippen LogP contribution in [-0.2, 0) is 16.4 Å². The van der Waals surface area contributed by atoms with Gasteiger partial charge in [0.2, 0.25) is 0 Å². The van der Waals surface area contributed by atoms with Crippen molar-refractivity contribution in [3.63, 3.8) is 0 Å². The summed E-state index contributed by atoms with van der Waals surface area (Å²) >= 11 is 0. The molecule has 2 heterocycles. The van der Waals surface area contributed by atoms with E-state index in [4.69, 9.17) is 5.73 Å². The van der Waals surface area contributed by atoms with E-state index in [0.717, 1.165) is 6.20 Å². The summed E-state index contributed by atoms with van der Waals surface area (Å²) in [6.07, 6.45) is 1.69. The van der Waals surface area contributed by atoms with Gasteiger partial charge in [0.1, 0.15) is 11.6 Å². The Kier molecular flexibility index (Phi) is 3.82. The average molecular weight is 273 g/mol. The van der Waals surface area contributed by atoms with E-state index in [9.17, 15) is 12.8 Å².